The number of hydrogen-bond acceptors (Lipinski definition) is 10. The Morgan fingerprint density at radius 3 is 1.87 bits per heavy atom. The fraction of sp³-hybridized carbons (Fsp3) is 0.0625. The van der Waals surface area contributed by atoms with Gasteiger partial charge in [-0.3, -0.25) is 4.55 Å². The van der Waals surface area contributed by atoms with Crippen molar-refractivity contribution in [1.82, 2.24) is 15.0 Å². The molecule has 160 valence electrons. The number of hydrogen-bond donors (Lipinski definition) is 6. The van der Waals surface area contributed by atoms with Crippen molar-refractivity contribution >= 4 is 55.9 Å². The van der Waals surface area contributed by atoms with Crippen LogP contribution in [0.3, 0.4) is 0 Å². The second kappa shape index (κ2) is 8.31. The summed E-state index contributed by atoms with van der Waals surface area (Å²) in [6.07, 6.45) is 0. The van der Waals surface area contributed by atoms with Crippen LogP contribution in [-0.4, -0.2) is 41.6 Å². The molecule has 0 saturated heterocycles. The van der Waals surface area contributed by atoms with Crippen LogP contribution in [0.1, 0.15) is 5.56 Å². The maximum absolute atomic E-state index is 11.3. The van der Waals surface area contributed by atoms with Gasteiger partial charge in [0.05, 0.1) is 9.79 Å². The van der Waals surface area contributed by atoms with E-state index in [1.807, 2.05) is 0 Å². The number of halogens is 1. The average molecular weight is 474 g/mol. The van der Waals surface area contributed by atoms with Gasteiger partial charge in [0, 0.05) is 11.4 Å². The lowest BCUT2D eigenvalue weighted by atomic mass is 10.2. The SMILES string of the molecule is Cc1cc(Nc2nc(Cl)nc(Nc3ccc(S(O)(O)O)cc3)n2)ccc1S(=O)(=O)O. The highest BCUT2D eigenvalue weighted by atomic mass is 35.5. The number of benzene rings is 2. The van der Waals surface area contributed by atoms with E-state index < -0.39 is 21.0 Å². The molecule has 1 heterocycles. The van der Waals surface area contributed by atoms with Crippen LogP contribution in [0.4, 0.5) is 23.3 Å². The van der Waals surface area contributed by atoms with E-state index >= 15 is 0 Å². The summed E-state index contributed by atoms with van der Waals surface area (Å²) in [4.78, 5) is 11.8. The molecule has 0 saturated carbocycles. The number of aromatic nitrogens is 3. The van der Waals surface area contributed by atoms with Gasteiger partial charge in [-0.25, -0.2) is 0 Å². The summed E-state index contributed by atoms with van der Waals surface area (Å²) in [5.41, 5.74) is 1.24. The lowest BCUT2D eigenvalue weighted by Crippen LogP contribution is -2.05. The summed E-state index contributed by atoms with van der Waals surface area (Å²) < 4.78 is 59.5. The highest BCUT2D eigenvalue weighted by Crippen LogP contribution is 2.43. The molecule has 0 fully saturated rings. The van der Waals surface area contributed by atoms with Crippen LogP contribution in [0.5, 0.6) is 0 Å². The molecule has 0 bridgehead atoms. The van der Waals surface area contributed by atoms with Crippen LogP contribution in [-0.2, 0) is 10.1 Å². The van der Waals surface area contributed by atoms with E-state index in [9.17, 15) is 26.6 Å². The molecule has 1 aromatic heterocycles. The zero-order chi connectivity index (χ0) is 22.1. The van der Waals surface area contributed by atoms with Crippen molar-refractivity contribution in [3.63, 3.8) is 0 Å². The third-order valence-electron chi connectivity index (χ3n) is 3.74. The normalized spacial score (nSPS) is 12.5. The molecule has 0 spiro atoms. The van der Waals surface area contributed by atoms with Crippen molar-refractivity contribution < 1.29 is 26.6 Å². The molecular formula is C16H16ClN5O6S2. The molecular weight excluding hydrogens is 458 g/mol. The topological polar surface area (TPSA) is 178 Å². The molecule has 11 nitrogen and oxygen atoms in total. The molecule has 2 aromatic carbocycles. The fourth-order valence-corrected chi connectivity index (χ4v) is 3.82. The Hall–Kier alpha value is -2.52. The number of anilines is 4. The summed E-state index contributed by atoms with van der Waals surface area (Å²) in [5, 5.41) is 5.59. The van der Waals surface area contributed by atoms with Crippen LogP contribution in [0, 0.1) is 6.92 Å². The summed E-state index contributed by atoms with van der Waals surface area (Å²) >= 11 is 5.93. The van der Waals surface area contributed by atoms with Crippen LogP contribution < -0.4 is 10.6 Å². The zero-order valence-electron chi connectivity index (χ0n) is 15.2. The Morgan fingerprint density at radius 2 is 1.37 bits per heavy atom. The van der Waals surface area contributed by atoms with E-state index in [1.165, 1.54) is 49.4 Å². The first-order valence-corrected chi connectivity index (χ1v) is 11.4. The molecule has 3 rings (SSSR count). The van der Waals surface area contributed by atoms with Crippen molar-refractivity contribution in [2.24, 2.45) is 0 Å². The standard InChI is InChI=1S/C16H16ClN5O6S2/c1-9-8-11(4-7-13(9)30(26,27)28)19-16-21-14(17)20-15(22-16)18-10-2-5-12(6-3-10)29(23,24)25/h2-8,23-25H,1H3,(H,26,27,28)(H2,18,19,20,21,22). The lowest BCUT2D eigenvalue weighted by molar-refractivity contribution is 0.376. The van der Waals surface area contributed by atoms with Gasteiger partial charge in [-0.2, -0.15) is 23.4 Å². The Kier molecular flexibility index (Phi) is 6.14. The largest absolute Gasteiger partial charge is 0.324 e. The predicted molar refractivity (Wildman–Crippen MR) is 113 cm³/mol. The molecule has 3 aromatic rings. The Morgan fingerprint density at radius 1 is 0.833 bits per heavy atom. The van der Waals surface area contributed by atoms with Gasteiger partial charge < -0.3 is 24.3 Å². The van der Waals surface area contributed by atoms with E-state index in [1.54, 1.807) is 0 Å². The van der Waals surface area contributed by atoms with Crippen molar-refractivity contribution in [3.05, 3.63) is 53.3 Å². The van der Waals surface area contributed by atoms with E-state index in [0.29, 0.717) is 16.9 Å². The number of nitrogens with one attached hydrogen (secondary N) is 2. The summed E-state index contributed by atoms with van der Waals surface area (Å²) in [7, 11) is -8.14. The second-order valence-corrected chi connectivity index (χ2v) is 9.24. The van der Waals surface area contributed by atoms with E-state index in [4.69, 9.17) is 11.6 Å². The third kappa shape index (κ3) is 5.54. The molecule has 30 heavy (non-hydrogen) atoms. The molecule has 0 aliphatic carbocycles. The molecule has 0 radical (unpaired) electrons. The molecule has 0 aliphatic heterocycles. The van der Waals surface area contributed by atoms with Crippen molar-refractivity contribution in [2.45, 2.75) is 16.7 Å². The summed E-state index contributed by atoms with van der Waals surface area (Å²) in [6.45, 7) is 1.52. The Balaban J connectivity index is 1.81. The summed E-state index contributed by atoms with van der Waals surface area (Å²) in [5.74, 6) is 0.143. The zero-order valence-corrected chi connectivity index (χ0v) is 17.6. The first kappa shape index (κ1) is 22.2. The van der Waals surface area contributed by atoms with Gasteiger partial charge in [0.1, 0.15) is 10.9 Å². The van der Waals surface area contributed by atoms with Crippen LogP contribution in [0.2, 0.25) is 5.28 Å². The molecule has 0 unspecified atom stereocenters. The average Bonchev–Trinajstić information content (AvgIpc) is 2.60. The summed E-state index contributed by atoms with van der Waals surface area (Å²) in [6, 6.07) is 9.73. The van der Waals surface area contributed by atoms with Gasteiger partial charge in [0.25, 0.3) is 10.1 Å². The highest BCUT2D eigenvalue weighted by Gasteiger charge is 2.16. The van der Waals surface area contributed by atoms with Gasteiger partial charge in [-0.1, -0.05) is 0 Å². The second-order valence-electron chi connectivity index (χ2n) is 6.00. The molecule has 0 atom stereocenters. The van der Waals surface area contributed by atoms with E-state index in [-0.39, 0.29) is 27.0 Å². The maximum atomic E-state index is 11.3. The first-order chi connectivity index (χ1) is 13.9. The van der Waals surface area contributed by atoms with Crippen LogP contribution in [0.25, 0.3) is 0 Å². The number of rotatable bonds is 6. The fourth-order valence-electron chi connectivity index (χ4n) is 2.46. The highest BCUT2D eigenvalue weighted by molar-refractivity contribution is 8.19. The predicted octanol–water partition coefficient (Wildman–Crippen LogP) is 4.15. The van der Waals surface area contributed by atoms with Gasteiger partial charge in [-0.05, 0) is 66.6 Å². The molecule has 0 aliphatic rings. The van der Waals surface area contributed by atoms with Crippen LogP contribution in [0.15, 0.2) is 52.3 Å². The van der Waals surface area contributed by atoms with E-state index in [2.05, 4.69) is 25.6 Å². The van der Waals surface area contributed by atoms with Crippen LogP contribution >= 0.6 is 22.5 Å². The molecule has 6 N–H and O–H groups in total. The monoisotopic (exact) mass is 473 g/mol. The Labute approximate surface area is 178 Å². The maximum Gasteiger partial charge on any atom is 0.294 e. The van der Waals surface area contributed by atoms with Gasteiger partial charge in [0.2, 0.25) is 17.2 Å². The minimum absolute atomic E-state index is 0.0483. The molecule has 14 heteroatoms. The van der Waals surface area contributed by atoms with Crippen molar-refractivity contribution in [2.75, 3.05) is 10.6 Å². The number of nitrogens with zero attached hydrogens (tertiary/aromatic N) is 3. The number of aryl methyl sites for hydroxylation is 1. The quantitative estimate of drug-likeness (QED) is 0.283. The van der Waals surface area contributed by atoms with E-state index in [0.717, 1.165) is 0 Å². The van der Waals surface area contributed by atoms with Crippen molar-refractivity contribution in [3.8, 4) is 0 Å². The Bertz CT molecular complexity index is 1190. The third-order valence-corrected chi connectivity index (χ3v) is 5.83. The first-order valence-electron chi connectivity index (χ1n) is 8.06. The smallest absolute Gasteiger partial charge is 0.294 e. The minimum atomic E-state index is -4.33. The minimum Gasteiger partial charge on any atom is -0.324 e. The van der Waals surface area contributed by atoms with Gasteiger partial charge >= 0.3 is 0 Å². The lowest BCUT2D eigenvalue weighted by Gasteiger charge is -2.19. The van der Waals surface area contributed by atoms with Crippen molar-refractivity contribution in [1.29, 1.82) is 0 Å². The molecule has 0 amide bonds. The van der Waals surface area contributed by atoms with Gasteiger partial charge in [0.15, 0.2) is 0 Å². The van der Waals surface area contributed by atoms with Gasteiger partial charge in [-0.15, -0.1) is 0 Å².